The monoisotopic (exact) mass is 272 g/mol. The zero-order chi connectivity index (χ0) is 14.3. The third kappa shape index (κ3) is 6.89. The van der Waals surface area contributed by atoms with Crippen LogP contribution in [-0.4, -0.2) is 59.9 Å². The summed E-state index contributed by atoms with van der Waals surface area (Å²) in [5, 5.41) is 21.0. The minimum absolute atomic E-state index is 0.153. The average molecular weight is 272 g/mol. The van der Waals surface area contributed by atoms with Gasteiger partial charge in [-0.15, -0.1) is 0 Å². The van der Waals surface area contributed by atoms with E-state index in [9.17, 15) is 4.79 Å². The number of carboxylic acids is 1. The van der Waals surface area contributed by atoms with E-state index in [1.807, 2.05) is 0 Å². The molecular formula is C14H28N2O3. The average Bonchev–Trinajstić information content (AvgIpc) is 2.33. The minimum atomic E-state index is -0.708. The summed E-state index contributed by atoms with van der Waals surface area (Å²) in [7, 11) is 0. The summed E-state index contributed by atoms with van der Waals surface area (Å²) >= 11 is 0. The summed E-state index contributed by atoms with van der Waals surface area (Å²) in [6.45, 7) is 8.24. The van der Waals surface area contributed by atoms with E-state index < -0.39 is 5.97 Å². The van der Waals surface area contributed by atoms with Gasteiger partial charge in [-0.2, -0.15) is 0 Å². The van der Waals surface area contributed by atoms with Gasteiger partial charge >= 0.3 is 5.97 Å². The number of carboxylic acid groups (broad SMARTS) is 1. The van der Waals surface area contributed by atoms with Crippen molar-refractivity contribution in [2.75, 3.05) is 32.8 Å². The number of nitrogens with zero attached hydrogens (tertiary/aromatic N) is 1. The lowest BCUT2D eigenvalue weighted by Crippen LogP contribution is -2.50. The Morgan fingerprint density at radius 2 is 2.16 bits per heavy atom. The second kappa shape index (κ2) is 8.51. The quantitative estimate of drug-likeness (QED) is 0.609. The highest BCUT2D eigenvalue weighted by molar-refractivity contribution is 5.66. The van der Waals surface area contributed by atoms with Crippen LogP contribution < -0.4 is 5.32 Å². The molecule has 0 radical (unpaired) electrons. The molecule has 2 atom stereocenters. The summed E-state index contributed by atoms with van der Waals surface area (Å²) in [5.74, 6) is 0.359. The van der Waals surface area contributed by atoms with E-state index in [0.717, 1.165) is 32.5 Å². The molecule has 2 unspecified atom stereocenters. The van der Waals surface area contributed by atoms with Crippen molar-refractivity contribution in [2.45, 2.75) is 39.2 Å². The van der Waals surface area contributed by atoms with E-state index in [4.69, 9.17) is 10.2 Å². The van der Waals surface area contributed by atoms with Gasteiger partial charge in [-0.1, -0.05) is 13.8 Å². The van der Waals surface area contributed by atoms with Crippen LogP contribution in [0.4, 0.5) is 0 Å². The summed E-state index contributed by atoms with van der Waals surface area (Å²) in [6, 6.07) is 0.374. The summed E-state index contributed by atoms with van der Waals surface area (Å²) in [5.41, 5.74) is 0. The van der Waals surface area contributed by atoms with E-state index in [-0.39, 0.29) is 13.0 Å². The first-order valence-electron chi connectivity index (χ1n) is 7.29. The number of aliphatic carboxylic acids is 1. The third-order valence-electron chi connectivity index (χ3n) is 3.55. The molecule has 1 rings (SSSR count). The van der Waals surface area contributed by atoms with E-state index in [1.54, 1.807) is 0 Å². The fraction of sp³-hybridized carbons (Fsp3) is 0.929. The first-order chi connectivity index (χ1) is 9.01. The van der Waals surface area contributed by atoms with Crippen molar-refractivity contribution < 1.29 is 15.0 Å². The molecule has 0 aromatic heterocycles. The van der Waals surface area contributed by atoms with Crippen LogP contribution in [0.25, 0.3) is 0 Å². The van der Waals surface area contributed by atoms with Gasteiger partial charge in [0.15, 0.2) is 0 Å². The molecule has 0 amide bonds. The normalized spacial score (nSPS) is 24.8. The zero-order valence-corrected chi connectivity index (χ0v) is 12.1. The predicted octanol–water partition coefficient (Wildman–Crippen LogP) is 0.780. The Hall–Kier alpha value is -0.650. The molecule has 1 fully saturated rings. The van der Waals surface area contributed by atoms with Gasteiger partial charge in [0.1, 0.15) is 0 Å². The number of hydrogen-bond donors (Lipinski definition) is 3. The van der Waals surface area contributed by atoms with Crippen LogP contribution in [-0.2, 0) is 4.79 Å². The predicted molar refractivity (Wildman–Crippen MR) is 75.1 cm³/mol. The lowest BCUT2D eigenvalue weighted by atomic mass is 9.90. The largest absolute Gasteiger partial charge is 0.481 e. The molecule has 5 heteroatoms. The van der Waals surface area contributed by atoms with Crippen LogP contribution >= 0.6 is 0 Å². The lowest BCUT2D eigenvalue weighted by molar-refractivity contribution is -0.137. The van der Waals surface area contributed by atoms with Gasteiger partial charge in [-0.05, 0) is 24.7 Å². The Bertz CT molecular complexity index is 271. The molecule has 1 saturated heterocycles. The van der Waals surface area contributed by atoms with Crippen LogP contribution in [0.2, 0.25) is 0 Å². The number of hydrogen-bond acceptors (Lipinski definition) is 4. The number of aliphatic hydroxyl groups is 1. The molecule has 5 nitrogen and oxygen atoms in total. The Labute approximate surface area is 116 Å². The van der Waals surface area contributed by atoms with Crippen LogP contribution in [0.15, 0.2) is 0 Å². The summed E-state index contributed by atoms with van der Waals surface area (Å²) in [4.78, 5) is 13.1. The maximum Gasteiger partial charge on any atom is 0.303 e. The number of nitrogens with one attached hydrogen (secondary N) is 1. The topological polar surface area (TPSA) is 72.8 Å². The van der Waals surface area contributed by atoms with Gasteiger partial charge in [0.25, 0.3) is 0 Å². The second-order valence-electron chi connectivity index (χ2n) is 6.02. The first-order valence-corrected chi connectivity index (χ1v) is 7.29. The van der Waals surface area contributed by atoms with Crippen molar-refractivity contribution >= 4 is 5.97 Å². The van der Waals surface area contributed by atoms with Gasteiger partial charge in [-0.3, -0.25) is 4.79 Å². The number of rotatable bonds is 8. The Morgan fingerprint density at radius 1 is 1.42 bits per heavy atom. The SMILES string of the molecule is CC(C)CN1CC(CCC(=O)O)CC(NCCO)C1. The first kappa shape index (κ1) is 16.4. The zero-order valence-electron chi connectivity index (χ0n) is 12.1. The van der Waals surface area contributed by atoms with Gasteiger partial charge in [-0.25, -0.2) is 0 Å². The molecule has 19 heavy (non-hydrogen) atoms. The molecular weight excluding hydrogens is 244 g/mol. The Kier molecular flexibility index (Phi) is 7.34. The number of aliphatic hydroxyl groups excluding tert-OH is 1. The molecule has 0 aromatic carbocycles. The molecule has 0 spiro atoms. The highest BCUT2D eigenvalue weighted by Gasteiger charge is 2.27. The molecule has 112 valence electrons. The maximum absolute atomic E-state index is 10.7. The molecule has 3 N–H and O–H groups in total. The maximum atomic E-state index is 10.7. The molecule has 1 aliphatic rings. The fourth-order valence-corrected chi connectivity index (χ4v) is 2.92. The van der Waals surface area contributed by atoms with Crippen molar-refractivity contribution in [2.24, 2.45) is 11.8 Å². The minimum Gasteiger partial charge on any atom is -0.481 e. The van der Waals surface area contributed by atoms with Crippen LogP contribution in [0.3, 0.4) is 0 Å². The van der Waals surface area contributed by atoms with Gasteiger partial charge < -0.3 is 20.4 Å². The standard InChI is InChI=1S/C14H28N2O3/c1-11(2)8-16-9-12(3-4-14(18)19)7-13(10-16)15-5-6-17/h11-13,15,17H,3-10H2,1-2H3,(H,18,19). The van der Waals surface area contributed by atoms with Crippen molar-refractivity contribution in [3.63, 3.8) is 0 Å². The molecule has 0 saturated carbocycles. The fourth-order valence-electron chi connectivity index (χ4n) is 2.92. The second-order valence-corrected chi connectivity index (χ2v) is 6.02. The molecule has 0 bridgehead atoms. The van der Waals surface area contributed by atoms with Crippen LogP contribution in [0.5, 0.6) is 0 Å². The van der Waals surface area contributed by atoms with E-state index in [2.05, 4.69) is 24.1 Å². The van der Waals surface area contributed by atoms with Gasteiger partial charge in [0, 0.05) is 38.6 Å². The van der Waals surface area contributed by atoms with E-state index in [1.165, 1.54) is 0 Å². The van der Waals surface area contributed by atoms with Crippen LogP contribution in [0, 0.1) is 11.8 Å². The van der Waals surface area contributed by atoms with E-state index >= 15 is 0 Å². The Morgan fingerprint density at radius 3 is 2.74 bits per heavy atom. The highest BCUT2D eigenvalue weighted by Crippen LogP contribution is 2.22. The number of carbonyl (C=O) groups is 1. The third-order valence-corrected chi connectivity index (χ3v) is 3.55. The molecule has 1 heterocycles. The van der Waals surface area contributed by atoms with Gasteiger partial charge in [0.05, 0.1) is 6.61 Å². The van der Waals surface area contributed by atoms with Crippen LogP contribution in [0.1, 0.15) is 33.1 Å². The summed E-state index contributed by atoms with van der Waals surface area (Å²) < 4.78 is 0. The highest BCUT2D eigenvalue weighted by atomic mass is 16.4. The molecule has 0 aromatic rings. The number of piperidine rings is 1. The number of likely N-dealkylation sites (tertiary alicyclic amines) is 1. The Balaban J connectivity index is 2.47. The van der Waals surface area contributed by atoms with Crippen molar-refractivity contribution in [1.29, 1.82) is 0 Å². The van der Waals surface area contributed by atoms with E-state index in [0.29, 0.717) is 24.4 Å². The lowest BCUT2D eigenvalue weighted by Gasteiger charge is -2.39. The smallest absolute Gasteiger partial charge is 0.303 e. The van der Waals surface area contributed by atoms with Gasteiger partial charge in [0.2, 0.25) is 0 Å². The molecule has 1 aliphatic heterocycles. The van der Waals surface area contributed by atoms with Crippen molar-refractivity contribution in [3.05, 3.63) is 0 Å². The van der Waals surface area contributed by atoms with Crippen molar-refractivity contribution in [3.8, 4) is 0 Å². The van der Waals surface area contributed by atoms with Crippen molar-refractivity contribution in [1.82, 2.24) is 10.2 Å². The summed E-state index contributed by atoms with van der Waals surface area (Å²) in [6.07, 6.45) is 2.02. The molecule has 0 aliphatic carbocycles.